The maximum atomic E-state index is 5.99. The van der Waals surface area contributed by atoms with Crippen molar-refractivity contribution in [1.82, 2.24) is 14.8 Å². The monoisotopic (exact) mass is 357 g/mol. The van der Waals surface area contributed by atoms with E-state index in [1.165, 1.54) is 11.1 Å². The normalized spacial score (nSPS) is 11.0. The summed E-state index contributed by atoms with van der Waals surface area (Å²) >= 11 is 7.71. The third-order valence-electron chi connectivity index (χ3n) is 3.76. The smallest absolute Gasteiger partial charge is 0.191 e. The SMILES string of the molecule is CCCn1c(SCc2ccc(C)cc2)nnc1-c1ccc(Cl)cc1. The van der Waals surface area contributed by atoms with Gasteiger partial charge >= 0.3 is 0 Å². The highest BCUT2D eigenvalue weighted by molar-refractivity contribution is 7.98. The number of benzene rings is 2. The minimum Gasteiger partial charge on any atom is -0.302 e. The molecule has 0 atom stereocenters. The number of aryl methyl sites for hydroxylation is 1. The summed E-state index contributed by atoms with van der Waals surface area (Å²) in [6, 6.07) is 16.4. The van der Waals surface area contributed by atoms with Crippen LogP contribution in [0.1, 0.15) is 24.5 Å². The van der Waals surface area contributed by atoms with E-state index in [0.717, 1.165) is 40.3 Å². The predicted octanol–water partition coefficient (Wildman–Crippen LogP) is 5.61. The Bertz CT molecular complexity index is 794. The van der Waals surface area contributed by atoms with Crippen molar-refractivity contribution in [2.24, 2.45) is 0 Å². The van der Waals surface area contributed by atoms with Crippen LogP contribution in [0.2, 0.25) is 5.02 Å². The Morgan fingerprint density at radius 3 is 2.38 bits per heavy atom. The number of nitrogens with zero attached hydrogens (tertiary/aromatic N) is 3. The summed E-state index contributed by atoms with van der Waals surface area (Å²) in [5.74, 6) is 1.79. The number of hydrogen-bond acceptors (Lipinski definition) is 3. The van der Waals surface area contributed by atoms with Crippen molar-refractivity contribution in [1.29, 1.82) is 0 Å². The Balaban J connectivity index is 1.82. The van der Waals surface area contributed by atoms with E-state index in [4.69, 9.17) is 11.6 Å². The second-order valence-electron chi connectivity index (χ2n) is 5.74. The minimum absolute atomic E-state index is 0.731. The molecule has 5 heteroatoms. The molecule has 0 amide bonds. The summed E-state index contributed by atoms with van der Waals surface area (Å²) in [7, 11) is 0. The van der Waals surface area contributed by atoms with Gasteiger partial charge in [0.05, 0.1) is 0 Å². The summed E-state index contributed by atoms with van der Waals surface area (Å²) in [4.78, 5) is 0. The first-order chi connectivity index (χ1) is 11.7. The molecule has 0 spiro atoms. The maximum absolute atomic E-state index is 5.99. The van der Waals surface area contributed by atoms with Gasteiger partial charge in [-0.05, 0) is 43.2 Å². The predicted molar refractivity (Wildman–Crippen MR) is 101 cm³/mol. The Labute approximate surface area is 152 Å². The number of aromatic nitrogens is 3. The van der Waals surface area contributed by atoms with Gasteiger partial charge in [-0.15, -0.1) is 10.2 Å². The van der Waals surface area contributed by atoms with Gasteiger partial charge in [0.15, 0.2) is 11.0 Å². The lowest BCUT2D eigenvalue weighted by molar-refractivity contribution is 0.626. The van der Waals surface area contributed by atoms with Crippen molar-refractivity contribution in [3.63, 3.8) is 0 Å². The Kier molecular flexibility index (Phi) is 5.59. The fourth-order valence-electron chi connectivity index (χ4n) is 2.47. The van der Waals surface area contributed by atoms with Crippen LogP contribution in [0.15, 0.2) is 53.7 Å². The van der Waals surface area contributed by atoms with Crippen molar-refractivity contribution >= 4 is 23.4 Å². The lowest BCUT2D eigenvalue weighted by atomic mass is 10.2. The molecule has 0 saturated carbocycles. The van der Waals surface area contributed by atoms with Crippen LogP contribution >= 0.6 is 23.4 Å². The molecular weight excluding hydrogens is 338 g/mol. The number of halogens is 1. The summed E-state index contributed by atoms with van der Waals surface area (Å²) in [6.45, 7) is 5.18. The molecule has 3 aromatic rings. The summed E-state index contributed by atoms with van der Waals surface area (Å²) < 4.78 is 2.20. The molecule has 0 fully saturated rings. The lowest BCUT2D eigenvalue weighted by Crippen LogP contribution is -2.02. The second kappa shape index (κ2) is 7.86. The summed E-state index contributed by atoms with van der Waals surface area (Å²) in [5, 5.41) is 10.5. The second-order valence-corrected chi connectivity index (χ2v) is 7.12. The molecule has 3 nitrogen and oxygen atoms in total. The van der Waals surface area contributed by atoms with Gasteiger partial charge in [-0.3, -0.25) is 0 Å². The molecule has 0 bridgehead atoms. The molecule has 0 aliphatic heterocycles. The zero-order chi connectivity index (χ0) is 16.9. The zero-order valence-electron chi connectivity index (χ0n) is 13.9. The average Bonchev–Trinajstić information content (AvgIpc) is 2.98. The zero-order valence-corrected chi connectivity index (χ0v) is 15.4. The van der Waals surface area contributed by atoms with E-state index in [0.29, 0.717) is 0 Å². The molecular formula is C19H20ClN3S. The Morgan fingerprint density at radius 2 is 1.71 bits per heavy atom. The average molecular weight is 358 g/mol. The minimum atomic E-state index is 0.731. The molecule has 124 valence electrons. The van der Waals surface area contributed by atoms with Crippen molar-refractivity contribution in [2.75, 3.05) is 0 Å². The van der Waals surface area contributed by atoms with Gasteiger partial charge < -0.3 is 4.57 Å². The molecule has 1 heterocycles. The van der Waals surface area contributed by atoms with Crippen LogP contribution < -0.4 is 0 Å². The van der Waals surface area contributed by atoms with Gasteiger partial charge in [0, 0.05) is 22.9 Å². The van der Waals surface area contributed by atoms with Gasteiger partial charge in [0.1, 0.15) is 0 Å². The Hall–Kier alpha value is -1.78. The van der Waals surface area contributed by atoms with E-state index in [2.05, 4.69) is 52.9 Å². The molecule has 0 unspecified atom stereocenters. The highest BCUT2D eigenvalue weighted by atomic mass is 35.5. The maximum Gasteiger partial charge on any atom is 0.191 e. The third kappa shape index (κ3) is 4.00. The van der Waals surface area contributed by atoms with Crippen molar-refractivity contribution in [2.45, 2.75) is 37.7 Å². The molecule has 0 N–H and O–H groups in total. The fourth-order valence-corrected chi connectivity index (χ4v) is 3.51. The van der Waals surface area contributed by atoms with Gasteiger partial charge in [-0.2, -0.15) is 0 Å². The summed E-state index contributed by atoms with van der Waals surface area (Å²) in [6.07, 6.45) is 1.04. The first-order valence-corrected chi connectivity index (χ1v) is 9.41. The topological polar surface area (TPSA) is 30.7 Å². The highest BCUT2D eigenvalue weighted by Gasteiger charge is 2.14. The molecule has 2 aromatic carbocycles. The summed E-state index contributed by atoms with van der Waals surface area (Å²) in [5.41, 5.74) is 3.62. The van der Waals surface area contributed by atoms with E-state index >= 15 is 0 Å². The lowest BCUT2D eigenvalue weighted by Gasteiger charge is -2.09. The third-order valence-corrected chi connectivity index (χ3v) is 5.04. The van der Waals surface area contributed by atoms with Gasteiger partial charge in [0.25, 0.3) is 0 Å². The molecule has 1 aromatic heterocycles. The van der Waals surface area contributed by atoms with Crippen molar-refractivity contribution < 1.29 is 0 Å². The van der Waals surface area contributed by atoms with Crippen LogP contribution in [0.25, 0.3) is 11.4 Å². The number of rotatable bonds is 6. The van der Waals surface area contributed by atoms with Crippen LogP contribution in [0.4, 0.5) is 0 Å². The van der Waals surface area contributed by atoms with Crippen LogP contribution in [0.3, 0.4) is 0 Å². The molecule has 0 saturated heterocycles. The van der Waals surface area contributed by atoms with Crippen LogP contribution in [-0.2, 0) is 12.3 Å². The largest absolute Gasteiger partial charge is 0.302 e. The first-order valence-electron chi connectivity index (χ1n) is 8.05. The van der Waals surface area contributed by atoms with E-state index in [1.807, 2.05) is 24.3 Å². The van der Waals surface area contributed by atoms with Crippen LogP contribution in [0, 0.1) is 6.92 Å². The highest BCUT2D eigenvalue weighted by Crippen LogP contribution is 2.27. The van der Waals surface area contributed by atoms with E-state index < -0.39 is 0 Å². The van der Waals surface area contributed by atoms with Gasteiger partial charge in [0.2, 0.25) is 0 Å². The van der Waals surface area contributed by atoms with Crippen molar-refractivity contribution in [3.05, 3.63) is 64.7 Å². The van der Waals surface area contributed by atoms with E-state index in [9.17, 15) is 0 Å². The van der Waals surface area contributed by atoms with Gasteiger partial charge in [-0.25, -0.2) is 0 Å². The molecule has 0 aliphatic carbocycles. The van der Waals surface area contributed by atoms with Crippen molar-refractivity contribution in [3.8, 4) is 11.4 Å². The molecule has 24 heavy (non-hydrogen) atoms. The number of hydrogen-bond donors (Lipinski definition) is 0. The molecule has 0 radical (unpaired) electrons. The van der Waals surface area contributed by atoms with Gasteiger partial charge in [-0.1, -0.05) is 60.1 Å². The van der Waals surface area contributed by atoms with Crippen LogP contribution in [-0.4, -0.2) is 14.8 Å². The number of thioether (sulfide) groups is 1. The van der Waals surface area contributed by atoms with Crippen LogP contribution in [0.5, 0.6) is 0 Å². The first kappa shape index (κ1) is 17.1. The standard InChI is InChI=1S/C19H20ClN3S/c1-3-12-23-18(16-8-10-17(20)11-9-16)21-22-19(23)24-13-15-6-4-14(2)5-7-15/h4-11H,3,12-13H2,1-2H3. The van der Waals surface area contributed by atoms with E-state index in [1.54, 1.807) is 11.8 Å². The Morgan fingerprint density at radius 1 is 1.00 bits per heavy atom. The molecule has 0 aliphatic rings. The quantitative estimate of drug-likeness (QED) is 0.537. The molecule has 3 rings (SSSR count). The van der Waals surface area contributed by atoms with E-state index in [-0.39, 0.29) is 0 Å². The fraction of sp³-hybridized carbons (Fsp3) is 0.263.